The number of rotatable bonds is 3. The molecule has 0 radical (unpaired) electrons. The van der Waals surface area contributed by atoms with Gasteiger partial charge in [0.2, 0.25) is 0 Å². The molecule has 6 heteroatoms. The largest absolute Gasteiger partial charge is 0.457 e. The zero-order chi connectivity index (χ0) is 10.8. The van der Waals surface area contributed by atoms with Gasteiger partial charge in [-0.2, -0.15) is 5.10 Å². The topological polar surface area (TPSA) is 77.2 Å². The minimum Gasteiger partial charge on any atom is -0.457 e. The number of aliphatic hydroxyl groups excluding tert-OH is 1. The summed E-state index contributed by atoms with van der Waals surface area (Å²) in [6.07, 6.45) is 1.57. The number of anilines is 1. The van der Waals surface area contributed by atoms with E-state index in [4.69, 9.17) is 15.3 Å². The first-order valence-corrected chi connectivity index (χ1v) is 5.19. The van der Waals surface area contributed by atoms with Gasteiger partial charge >= 0.3 is 0 Å². The number of hydrogen-bond acceptors (Lipinski definition) is 4. The Morgan fingerprint density at radius 2 is 2.40 bits per heavy atom. The van der Waals surface area contributed by atoms with Gasteiger partial charge in [0, 0.05) is 6.07 Å². The monoisotopic (exact) mass is 271 g/mol. The number of hydrogen-bond donors (Lipinski definition) is 2. The first-order valence-electron chi connectivity index (χ1n) is 4.40. The van der Waals surface area contributed by atoms with E-state index in [1.807, 2.05) is 0 Å². The Morgan fingerprint density at radius 1 is 1.60 bits per heavy atom. The second kappa shape index (κ2) is 4.08. The molecule has 2 rings (SSSR count). The predicted octanol–water partition coefficient (Wildman–Crippen LogP) is 1.48. The van der Waals surface area contributed by atoms with Gasteiger partial charge in [0.25, 0.3) is 0 Å². The van der Waals surface area contributed by atoms with Crippen LogP contribution in [0.4, 0.5) is 5.82 Å². The molecule has 0 aliphatic carbocycles. The predicted molar refractivity (Wildman–Crippen MR) is 59.1 cm³/mol. The molecule has 0 aliphatic rings. The summed E-state index contributed by atoms with van der Waals surface area (Å²) in [5.74, 6) is 0.521. The van der Waals surface area contributed by atoms with Crippen molar-refractivity contribution in [3.8, 4) is 11.3 Å². The van der Waals surface area contributed by atoms with E-state index in [-0.39, 0.29) is 6.61 Å². The molecule has 80 valence electrons. The Labute approximate surface area is 94.6 Å². The van der Waals surface area contributed by atoms with Gasteiger partial charge in [-0.25, -0.2) is 4.68 Å². The highest BCUT2D eigenvalue weighted by molar-refractivity contribution is 9.10. The van der Waals surface area contributed by atoms with Crippen molar-refractivity contribution in [2.24, 2.45) is 0 Å². The lowest BCUT2D eigenvalue weighted by atomic mass is 10.2. The second-order valence-corrected chi connectivity index (χ2v) is 3.73. The molecule has 0 amide bonds. The van der Waals surface area contributed by atoms with E-state index in [1.165, 1.54) is 0 Å². The van der Waals surface area contributed by atoms with Crippen molar-refractivity contribution in [2.75, 3.05) is 12.3 Å². The van der Waals surface area contributed by atoms with Crippen LogP contribution in [0, 0.1) is 0 Å². The number of aliphatic hydroxyl groups is 1. The lowest BCUT2D eigenvalue weighted by Crippen LogP contribution is -2.07. The third kappa shape index (κ3) is 1.91. The Kier molecular flexibility index (Phi) is 2.79. The van der Waals surface area contributed by atoms with Gasteiger partial charge < -0.3 is 15.3 Å². The highest BCUT2D eigenvalue weighted by Crippen LogP contribution is 2.29. The number of nitrogens with two attached hydrogens (primary N) is 1. The van der Waals surface area contributed by atoms with Crippen molar-refractivity contribution in [3.05, 3.63) is 23.1 Å². The summed E-state index contributed by atoms with van der Waals surface area (Å²) in [7, 11) is 0. The molecule has 0 unspecified atom stereocenters. The molecule has 0 aliphatic heterocycles. The average molecular weight is 272 g/mol. The quantitative estimate of drug-likeness (QED) is 0.887. The summed E-state index contributed by atoms with van der Waals surface area (Å²) < 4.78 is 7.28. The van der Waals surface area contributed by atoms with Crippen LogP contribution < -0.4 is 5.73 Å². The van der Waals surface area contributed by atoms with Crippen LogP contribution in [0.25, 0.3) is 11.3 Å². The summed E-state index contributed by atoms with van der Waals surface area (Å²) in [4.78, 5) is 0. The number of nitrogen functional groups attached to an aromatic ring is 1. The standard InChI is InChI=1S/C9H10BrN3O2/c10-9-6(1-4-15-9)7-5-8(11)13(12-7)2-3-14/h1,4-5,14H,2-3,11H2. The van der Waals surface area contributed by atoms with Crippen molar-refractivity contribution in [1.82, 2.24) is 9.78 Å². The number of aromatic nitrogens is 2. The van der Waals surface area contributed by atoms with Crippen LogP contribution in [0.5, 0.6) is 0 Å². The van der Waals surface area contributed by atoms with Crippen LogP contribution in [0.2, 0.25) is 0 Å². The van der Waals surface area contributed by atoms with E-state index in [9.17, 15) is 0 Å². The molecule has 0 saturated heterocycles. The normalized spacial score (nSPS) is 10.8. The summed E-state index contributed by atoms with van der Waals surface area (Å²) in [6, 6.07) is 3.54. The molecule has 2 aromatic heterocycles. The van der Waals surface area contributed by atoms with Crippen LogP contribution >= 0.6 is 15.9 Å². The minimum absolute atomic E-state index is 0.0118. The summed E-state index contributed by atoms with van der Waals surface area (Å²) in [5, 5.41) is 13.0. The van der Waals surface area contributed by atoms with Crippen LogP contribution in [-0.2, 0) is 6.54 Å². The zero-order valence-electron chi connectivity index (χ0n) is 7.85. The van der Waals surface area contributed by atoms with Crippen molar-refractivity contribution in [1.29, 1.82) is 0 Å². The fourth-order valence-corrected chi connectivity index (χ4v) is 1.76. The van der Waals surface area contributed by atoms with E-state index >= 15 is 0 Å². The van der Waals surface area contributed by atoms with Crippen LogP contribution in [0.3, 0.4) is 0 Å². The molecule has 2 heterocycles. The molecule has 3 N–H and O–H groups in total. The molecule has 0 saturated carbocycles. The van der Waals surface area contributed by atoms with Crippen molar-refractivity contribution in [3.63, 3.8) is 0 Å². The Hall–Kier alpha value is -1.27. The molecule has 5 nitrogen and oxygen atoms in total. The summed E-state index contributed by atoms with van der Waals surface area (Å²) >= 11 is 3.27. The molecular weight excluding hydrogens is 262 g/mol. The lowest BCUT2D eigenvalue weighted by Gasteiger charge is -1.98. The fourth-order valence-electron chi connectivity index (χ4n) is 1.31. The molecule has 0 aromatic carbocycles. The van der Waals surface area contributed by atoms with E-state index in [2.05, 4.69) is 21.0 Å². The average Bonchev–Trinajstić information content (AvgIpc) is 2.75. The Morgan fingerprint density at radius 3 is 3.00 bits per heavy atom. The van der Waals surface area contributed by atoms with Crippen molar-refractivity contribution in [2.45, 2.75) is 6.54 Å². The zero-order valence-corrected chi connectivity index (χ0v) is 9.44. The lowest BCUT2D eigenvalue weighted by molar-refractivity contribution is 0.270. The molecule has 15 heavy (non-hydrogen) atoms. The van der Waals surface area contributed by atoms with Gasteiger partial charge in [0.1, 0.15) is 5.82 Å². The third-order valence-corrected chi connectivity index (χ3v) is 2.63. The highest BCUT2D eigenvalue weighted by atomic mass is 79.9. The minimum atomic E-state index is 0.0118. The maximum Gasteiger partial charge on any atom is 0.178 e. The van der Waals surface area contributed by atoms with E-state index < -0.39 is 0 Å². The number of halogens is 1. The summed E-state index contributed by atoms with van der Waals surface area (Å²) in [6.45, 7) is 0.402. The molecule has 0 atom stereocenters. The number of nitrogens with zero attached hydrogens (tertiary/aromatic N) is 2. The van der Waals surface area contributed by atoms with E-state index in [0.29, 0.717) is 17.0 Å². The molecule has 0 spiro atoms. The summed E-state index contributed by atoms with van der Waals surface area (Å²) in [5.41, 5.74) is 7.30. The van der Waals surface area contributed by atoms with Gasteiger partial charge in [0.05, 0.1) is 30.7 Å². The highest BCUT2D eigenvalue weighted by Gasteiger charge is 2.11. The van der Waals surface area contributed by atoms with Crippen LogP contribution in [0.1, 0.15) is 0 Å². The Balaban J connectivity index is 2.38. The van der Waals surface area contributed by atoms with Gasteiger partial charge in [-0.1, -0.05) is 0 Å². The van der Waals surface area contributed by atoms with Gasteiger partial charge in [-0.15, -0.1) is 0 Å². The van der Waals surface area contributed by atoms with Crippen molar-refractivity contribution >= 4 is 21.7 Å². The van der Waals surface area contributed by atoms with Crippen LogP contribution in [-0.4, -0.2) is 21.5 Å². The maximum atomic E-state index is 8.79. The van der Waals surface area contributed by atoms with Crippen LogP contribution in [0.15, 0.2) is 27.5 Å². The SMILES string of the molecule is Nc1cc(-c2ccoc2Br)nn1CCO. The number of furan rings is 1. The molecule has 0 fully saturated rings. The van der Waals surface area contributed by atoms with E-state index in [0.717, 1.165) is 11.3 Å². The maximum absolute atomic E-state index is 8.79. The molecule has 0 bridgehead atoms. The van der Waals surface area contributed by atoms with Gasteiger partial charge in [-0.05, 0) is 22.0 Å². The second-order valence-electron chi connectivity index (χ2n) is 3.01. The molecular formula is C9H10BrN3O2. The van der Waals surface area contributed by atoms with Gasteiger partial charge in [-0.3, -0.25) is 0 Å². The third-order valence-electron chi connectivity index (χ3n) is 2.02. The fraction of sp³-hybridized carbons (Fsp3) is 0.222. The van der Waals surface area contributed by atoms with Crippen molar-refractivity contribution < 1.29 is 9.52 Å². The smallest absolute Gasteiger partial charge is 0.178 e. The van der Waals surface area contributed by atoms with Gasteiger partial charge in [0.15, 0.2) is 4.67 Å². The Bertz CT molecular complexity index is 464. The van der Waals surface area contributed by atoms with E-state index in [1.54, 1.807) is 23.1 Å². The molecule has 2 aromatic rings. The first kappa shape index (κ1) is 10.3. The first-order chi connectivity index (χ1) is 7.22.